The van der Waals surface area contributed by atoms with Gasteiger partial charge in [-0.15, -0.1) is 0 Å². The summed E-state index contributed by atoms with van der Waals surface area (Å²) in [6, 6.07) is 5.72. The van der Waals surface area contributed by atoms with Gasteiger partial charge in [0.05, 0.1) is 12.3 Å². The van der Waals surface area contributed by atoms with Gasteiger partial charge in [0.25, 0.3) is 0 Å². The molecule has 1 saturated heterocycles. The monoisotopic (exact) mass is 598 g/mol. The molecule has 1 unspecified atom stereocenters. The molecule has 0 N–H and O–H groups in total. The molecular formula is C29H36Cl2N8O2. The predicted molar refractivity (Wildman–Crippen MR) is 162 cm³/mol. The fourth-order valence-corrected chi connectivity index (χ4v) is 5.43. The van der Waals surface area contributed by atoms with Crippen molar-refractivity contribution in [3.63, 3.8) is 0 Å². The van der Waals surface area contributed by atoms with Gasteiger partial charge >= 0.3 is 6.09 Å². The number of hydrogen-bond acceptors (Lipinski definition) is 9. The molecule has 0 aliphatic carbocycles. The van der Waals surface area contributed by atoms with E-state index in [2.05, 4.69) is 33.9 Å². The maximum absolute atomic E-state index is 13.7. The highest BCUT2D eigenvalue weighted by atomic mass is 35.5. The standard InChI is InChI=1S/C29H36Cl2N8O2/c1-29(2,3)41-28(40)38(17-19-7-8-21(30)13-23(19)31)26-14-24(34-25-10-11-36(6)39(25)26)20-15-32-27(33-16-20)37-12-9-22(18-37)35(4)5/h7-8,10,13-16,22H,9,11-12,17-18H2,1-6H3. The maximum atomic E-state index is 13.7. The molecule has 0 spiro atoms. The summed E-state index contributed by atoms with van der Waals surface area (Å²) in [6.07, 6.45) is 8.03. The van der Waals surface area contributed by atoms with Crippen molar-refractivity contribution in [2.45, 2.75) is 45.4 Å². The Kier molecular flexibility index (Phi) is 8.29. The van der Waals surface area contributed by atoms with Gasteiger partial charge in [0, 0.05) is 66.8 Å². The Morgan fingerprint density at radius 3 is 2.54 bits per heavy atom. The van der Waals surface area contributed by atoms with E-state index in [0.29, 0.717) is 45.9 Å². The van der Waals surface area contributed by atoms with Gasteiger partial charge in [0.2, 0.25) is 5.95 Å². The summed E-state index contributed by atoms with van der Waals surface area (Å²) in [6.45, 7) is 8.13. The lowest BCUT2D eigenvalue weighted by molar-refractivity contribution is 0.00940. The molecule has 0 saturated carbocycles. The smallest absolute Gasteiger partial charge is 0.416 e. The molecule has 0 bridgehead atoms. The van der Waals surface area contributed by atoms with Crippen molar-refractivity contribution >= 4 is 41.0 Å². The van der Waals surface area contributed by atoms with Crippen LogP contribution in [0.2, 0.25) is 10.0 Å². The number of allylic oxidation sites excluding steroid dienone is 1. The third-order valence-electron chi connectivity index (χ3n) is 7.16. The second-order valence-electron chi connectivity index (χ2n) is 11.6. The van der Waals surface area contributed by atoms with E-state index in [1.807, 2.05) is 56.1 Å². The SMILES string of the molecule is CN(C)C1CCN(c2ncc(C3=NC4=CCN(C)N4C(N(Cc4ccc(Cl)cc4Cl)C(=O)OC(C)(C)C)=C3)cn2)C1. The molecule has 5 rings (SSSR count). The number of hydrazine groups is 1. The van der Waals surface area contributed by atoms with Gasteiger partial charge in [-0.2, -0.15) is 0 Å². The topological polar surface area (TPSA) is 80.6 Å². The van der Waals surface area contributed by atoms with Gasteiger partial charge in [0.1, 0.15) is 17.2 Å². The average molecular weight is 600 g/mol. The van der Waals surface area contributed by atoms with Crippen molar-refractivity contribution in [3.8, 4) is 0 Å². The molecule has 1 aromatic carbocycles. The van der Waals surface area contributed by atoms with Gasteiger partial charge < -0.3 is 14.5 Å². The van der Waals surface area contributed by atoms with Crippen LogP contribution in [0, 0.1) is 0 Å². The van der Waals surface area contributed by atoms with Crippen LogP contribution in [0.1, 0.15) is 38.3 Å². The van der Waals surface area contributed by atoms with Crippen LogP contribution in [0.15, 0.2) is 59.4 Å². The Balaban J connectivity index is 1.50. The van der Waals surface area contributed by atoms with Crippen molar-refractivity contribution in [2.24, 2.45) is 4.99 Å². The minimum absolute atomic E-state index is 0.166. The molecule has 2 aromatic rings. The average Bonchev–Trinajstić information content (AvgIpc) is 3.55. The number of aromatic nitrogens is 2. The second kappa shape index (κ2) is 11.6. The van der Waals surface area contributed by atoms with E-state index in [-0.39, 0.29) is 6.54 Å². The molecule has 41 heavy (non-hydrogen) atoms. The fourth-order valence-electron chi connectivity index (χ4n) is 4.96. The zero-order valence-corrected chi connectivity index (χ0v) is 25.8. The summed E-state index contributed by atoms with van der Waals surface area (Å²) in [7, 11) is 6.14. The highest BCUT2D eigenvalue weighted by Crippen LogP contribution is 2.33. The largest absolute Gasteiger partial charge is 0.443 e. The van der Waals surface area contributed by atoms with E-state index in [9.17, 15) is 4.79 Å². The lowest BCUT2D eigenvalue weighted by atomic mass is 10.1. The number of anilines is 1. The summed E-state index contributed by atoms with van der Waals surface area (Å²) in [4.78, 5) is 34.0. The van der Waals surface area contributed by atoms with Gasteiger partial charge in [-0.1, -0.05) is 29.3 Å². The number of aliphatic imine (C=N–C) groups is 1. The van der Waals surface area contributed by atoms with Gasteiger partial charge in [-0.3, -0.25) is 4.90 Å². The van der Waals surface area contributed by atoms with E-state index in [1.54, 1.807) is 29.4 Å². The Morgan fingerprint density at radius 2 is 1.90 bits per heavy atom. The van der Waals surface area contributed by atoms with Gasteiger partial charge in [-0.25, -0.2) is 29.8 Å². The van der Waals surface area contributed by atoms with Crippen molar-refractivity contribution in [1.82, 2.24) is 29.8 Å². The lowest BCUT2D eigenvalue weighted by Crippen LogP contribution is -2.46. The number of fused-ring (bicyclic) bond motifs is 1. The lowest BCUT2D eigenvalue weighted by Gasteiger charge is -2.38. The predicted octanol–water partition coefficient (Wildman–Crippen LogP) is 5.01. The zero-order valence-electron chi connectivity index (χ0n) is 24.3. The van der Waals surface area contributed by atoms with Crippen molar-refractivity contribution in [3.05, 3.63) is 75.6 Å². The first-order valence-corrected chi connectivity index (χ1v) is 14.3. The van der Waals surface area contributed by atoms with E-state index in [1.165, 1.54) is 0 Å². The first-order chi connectivity index (χ1) is 19.4. The molecular weight excluding hydrogens is 563 g/mol. The summed E-state index contributed by atoms with van der Waals surface area (Å²) < 4.78 is 5.85. The molecule has 3 aliphatic rings. The minimum atomic E-state index is -0.703. The number of carbonyl (C=O) groups is 1. The number of carbonyl (C=O) groups excluding carboxylic acids is 1. The summed E-state index contributed by atoms with van der Waals surface area (Å²) >= 11 is 12.7. The quantitative estimate of drug-likeness (QED) is 0.459. The molecule has 1 aromatic heterocycles. The number of nitrogens with zero attached hydrogens (tertiary/aromatic N) is 8. The first-order valence-electron chi connectivity index (χ1n) is 13.6. The van der Waals surface area contributed by atoms with Crippen LogP contribution in [-0.2, 0) is 11.3 Å². The molecule has 1 amide bonds. The Hall–Kier alpha value is -3.18. The van der Waals surface area contributed by atoms with E-state index < -0.39 is 11.7 Å². The number of benzene rings is 1. The minimum Gasteiger partial charge on any atom is -0.443 e. The third kappa shape index (κ3) is 6.51. The first kappa shape index (κ1) is 29.3. The number of ether oxygens (including phenoxy) is 1. The van der Waals surface area contributed by atoms with Crippen LogP contribution >= 0.6 is 23.2 Å². The number of amides is 1. The number of rotatable bonds is 6. The van der Waals surface area contributed by atoms with Gasteiger partial charge in [0.15, 0.2) is 0 Å². The highest BCUT2D eigenvalue weighted by molar-refractivity contribution is 6.35. The number of halogens is 2. The van der Waals surface area contributed by atoms with Crippen molar-refractivity contribution in [2.75, 3.05) is 45.7 Å². The van der Waals surface area contributed by atoms with E-state index in [4.69, 9.17) is 32.9 Å². The molecule has 1 atom stereocenters. The molecule has 3 aliphatic heterocycles. The Labute approximate surface area is 251 Å². The summed E-state index contributed by atoms with van der Waals surface area (Å²) in [5.41, 5.74) is 1.42. The number of hydrogen-bond donors (Lipinski definition) is 0. The van der Waals surface area contributed by atoms with Crippen LogP contribution in [0.5, 0.6) is 0 Å². The van der Waals surface area contributed by atoms with Crippen LogP contribution in [0.4, 0.5) is 10.7 Å². The van der Waals surface area contributed by atoms with Crippen LogP contribution in [-0.4, -0.2) is 94.0 Å². The normalized spacial score (nSPS) is 19.2. The molecule has 12 heteroatoms. The molecule has 218 valence electrons. The van der Waals surface area contributed by atoms with Gasteiger partial charge in [-0.05, 0) is 65.1 Å². The summed E-state index contributed by atoms with van der Waals surface area (Å²) in [5, 5.41) is 4.87. The highest BCUT2D eigenvalue weighted by Gasteiger charge is 2.36. The third-order valence-corrected chi connectivity index (χ3v) is 7.75. The Morgan fingerprint density at radius 1 is 1.17 bits per heavy atom. The van der Waals surface area contributed by atoms with Crippen LogP contribution in [0.3, 0.4) is 0 Å². The van der Waals surface area contributed by atoms with Crippen molar-refractivity contribution in [1.29, 1.82) is 0 Å². The summed E-state index contributed by atoms with van der Waals surface area (Å²) in [5.74, 6) is 1.99. The molecule has 0 radical (unpaired) electrons. The Bertz CT molecular complexity index is 1400. The van der Waals surface area contributed by atoms with E-state index >= 15 is 0 Å². The number of likely N-dealkylation sites (N-methyl/N-ethyl adjacent to an activating group) is 2. The maximum Gasteiger partial charge on any atom is 0.416 e. The van der Waals surface area contributed by atoms with Crippen molar-refractivity contribution < 1.29 is 9.53 Å². The molecule has 4 heterocycles. The van der Waals surface area contributed by atoms with Crippen LogP contribution < -0.4 is 4.90 Å². The van der Waals surface area contributed by atoms with Crippen LogP contribution in [0.25, 0.3) is 0 Å². The van der Waals surface area contributed by atoms with E-state index in [0.717, 1.165) is 30.6 Å². The zero-order chi connectivity index (χ0) is 29.5. The second-order valence-corrected chi connectivity index (χ2v) is 12.5. The molecule has 10 nitrogen and oxygen atoms in total. The fraction of sp³-hybridized carbons (Fsp3) is 0.448. The molecule has 1 fully saturated rings.